The van der Waals surface area contributed by atoms with Crippen molar-refractivity contribution < 1.29 is 4.42 Å². The van der Waals surface area contributed by atoms with Crippen molar-refractivity contribution in [3.63, 3.8) is 0 Å². The fourth-order valence-electron chi connectivity index (χ4n) is 7.13. The van der Waals surface area contributed by atoms with Crippen LogP contribution in [-0.2, 0) is 0 Å². The third-order valence-electron chi connectivity index (χ3n) is 9.54. The van der Waals surface area contributed by atoms with Gasteiger partial charge in [0.25, 0.3) is 0 Å². The number of rotatable bonds is 4. The van der Waals surface area contributed by atoms with E-state index < -0.39 is 0 Å². The van der Waals surface area contributed by atoms with E-state index in [1.807, 2.05) is 30.5 Å². The summed E-state index contributed by atoms with van der Waals surface area (Å²) >= 11 is 0. The minimum absolute atomic E-state index is 0.312. The second-order valence-electron chi connectivity index (χ2n) is 12.5. The van der Waals surface area contributed by atoms with Gasteiger partial charge in [0, 0.05) is 17.3 Å². The summed E-state index contributed by atoms with van der Waals surface area (Å²) in [4.78, 5) is 15.1. The van der Waals surface area contributed by atoms with Gasteiger partial charge in [-0.2, -0.15) is 0 Å². The average molecular weight is 629 g/mol. The zero-order valence-electron chi connectivity index (χ0n) is 26.3. The van der Waals surface area contributed by atoms with E-state index in [1.54, 1.807) is 0 Å². The number of nitrogens with zero attached hydrogens (tertiary/aromatic N) is 3. The van der Waals surface area contributed by atoms with Gasteiger partial charge in [-0.25, -0.2) is 9.98 Å². The Hall–Kier alpha value is -6.59. The third kappa shape index (κ3) is 4.67. The molecule has 1 atom stereocenters. The lowest BCUT2D eigenvalue weighted by molar-refractivity contribution is 0.668. The molecule has 7 aromatic carbocycles. The Kier molecular flexibility index (Phi) is 6.18. The Morgan fingerprint density at radius 3 is 2.10 bits per heavy atom. The highest BCUT2D eigenvalue weighted by atomic mass is 16.3. The van der Waals surface area contributed by atoms with E-state index >= 15 is 0 Å². The van der Waals surface area contributed by atoms with Gasteiger partial charge in [-0.3, -0.25) is 4.98 Å². The summed E-state index contributed by atoms with van der Waals surface area (Å²) in [7, 11) is 0. The molecular weight excluding hydrogens is 601 g/mol. The van der Waals surface area contributed by atoms with E-state index in [1.165, 1.54) is 16.2 Å². The molecule has 230 valence electrons. The van der Waals surface area contributed by atoms with Crippen molar-refractivity contribution in [2.45, 2.75) is 6.17 Å². The van der Waals surface area contributed by atoms with Crippen molar-refractivity contribution in [3.05, 3.63) is 175 Å². The first-order valence-electron chi connectivity index (χ1n) is 16.5. The Morgan fingerprint density at radius 2 is 1.22 bits per heavy atom. The quantitative estimate of drug-likeness (QED) is 0.211. The van der Waals surface area contributed by atoms with Gasteiger partial charge in [0.2, 0.25) is 0 Å². The molecule has 0 amide bonds. The maximum atomic E-state index is 6.14. The van der Waals surface area contributed by atoms with Crippen molar-refractivity contribution in [1.82, 2.24) is 10.3 Å². The molecule has 3 heterocycles. The molecular formula is C44H28N4O. The number of aromatic nitrogens is 1. The number of hydrogen-bond donors (Lipinski definition) is 1. The summed E-state index contributed by atoms with van der Waals surface area (Å²) in [6.07, 6.45) is 1.51. The number of fused-ring (bicyclic) bond motifs is 6. The van der Waals surface area contributed by atoms with E-state index in [0.29, 0.717) is 5.84 Å². The Labute approximate surface area is 281 Å². The summed E-state index contributed by atoms with van der Waals surface area (Å²) < 4.78 is 6.14. The molecule has 5 nitrogen and oxygen atoms in total. The highest BCUT2D eigenvalue weighted by molar-refractivity contribution is 6.18. The third-order valence-corrected chi connectivity index (χ3v) is 9.54. The number of pyridine rings is 1. The first kappa shape index (κ1) is 27.5. The molecule has 1 aliphatic rings. The molecule has 49 heavy (non-hydrogen) atoms. The topological polar surface area (TPSA) is 62.8 Å². The highest BCUT2D eigenvalue weighted by Crippen LogP contribution is 2.37. The van der Waals surface area contributed by atoms with Crippen molar-refractivity contribution in [3.8, 4) is 11.1 Å². The van der Waals surface area contributed by atoms with Gasteiger partial charge in [0.1, 0.15) is 23.1 Å². The van der Waals surface area contributed by atoms with Gasteiger partial charge in [0.15, 0.2) is 11.4 Å². The molecule has 9 aromatic rings. The maximum Gasteiger partial charge on any atom is 0.159 e. The van der Waals surface area contributed by atoms with Crippen LogP contribution in [0.3, 0.4) is 0 Å². The van der Waals surface area contributed by atoms with Crippen LogP contribution in [-0.4, -0.2) is 16.7 Å². The predicted octanol–water partition coefficient (Wildman–Crippen LogP) is 10.6. The fraction of sp³-hybridized carbons (Fsp3) is 0.0227. The fourth-order valence-corrected chi connectivity index (χ4v) is 7.13. The lowest BCUT2D eigenvalue weighted by Gasteiger charge is -2.25. The summed E-state index contributed by atoms with van der Waals surface area (Å²) in [5.74, 6) is 1.50. The number of nitrogens with one attached hydrogen (secondary N) is 1. The first-order chi connectivity index (χ1) is 24.2. The van der Waals surface area contributed by atoms with Crippen LogP contribution in [0.4, 0.5) is 0 Å². The number of amidine groups is 2. The van der Waals surface area contributed by atoms with Gasteiger partial charge < -0.3 is 9.73 Å². The molecule has 0 saturated carbocycles. The van der Waals surface area contributed by atoms with E-state index in [-0.39, 0.29) is 6.17 Å². The molecule has 10 rings (SSSR count). The van der Waals surface area contributed by atoms with Crippen molar-refractivity contribution >= 4 is 66.1 Å². The molecule has 0 bridgehead atoms. The standard InChI is InChI=1S/C44H28N4O/c1-3-10-29-24-33(19-17-27(29)8-1)42-46-43(34-20-18-28-9-2-4-11-30(28)25-34)48-44(47-42)37-14-5-12-31-26-32(21-22-35(31)37)36-13-6-15-38-40(36)41-39(49-38)16-7-23-45-41/h1-26,42H,(H,46,47,48). The van der Waals surface area contributed by atoms with Gasteiger partial charge in [-0.05, 0) is 85.4 Å². The molecule has 0 saturated heterocycles. The Morgan fingerprint density at radius 1 is 0.531 bits per heavy atom. The molecule has 1 N–H and O–H groups in total. The largest absolute Gasteiger partial charge is 0.454 e. The van der Waals surface area contributed by atoms with E-state index in [2.05, 4.69) is 138 Å². The molecule has 0 spiro atoms. The summed E-state index contributed by atoms with van der Waals surface area (Å²) in [5, 5.41) is 11.7. The van der Waals surface area contributed by atoms with Crippen LogP contribution in [0.25, 0.3) is 65.5 Å². The van der Waals surface area contributed by atoms with Crippen LogP contribution in [0.1, 0.15) is 22.9 Å². The van der Waals surface area contributed by atoms with Crippen LogP contribution < -0.4 is 5.32 Å². The molecule has 0 fully saturated rings. The number of aliphatic imine (C=N–C) groups is 2. The van der Waals surface area contributed by atoms with Crippen LogP contribution in [0.15, 0.2) is 172 Å². The van der Waals surface area contributed by atoms with E-state index in [4.69, 9.17) is 14.4 Å². The minimum Gasteiger partial charge on any atom is -0.454 e. The minimum atomic E-state index is -0.312. The Balaban J connectivity index is 1.11. The monoisotopic (exact) mass is 628 g/mol. The lowest BCUT2D eigenvalue weighted by atomic mass is 9.95. The Bertz CT molecular complexity index is 2830. The smallest absolute Gasteiger partial charge is 0.159 e. The maximum absolute atomic E-state index is 6.14. The first-order valence-corrected chi connectivity index (χ1v) is 16.5. The highest BCUT2D eigenvalue weighted by Gasteiger charge is 2.23. The number of furan rings is 1. The predicted molar refractivity (Wildman–Crippen MR) is 201 cm³/mol. The second-order valence-corrected chi connectivity index (χ2v) is 12.5. The zero-order chi connectivity index (χ0) is 32.3. The molecule has 1 unspecified atom stereocenters. The van der Waals surface area contributed by atoms with Gasteiger partial charge in [0.05, 0.1) is 5.39 Å². The van der Waals surface area contributed by atoms with Gasteiger partial charge >= 0.3 is 0 Å². The number of hydrogen-bond acceptors (Lipinski definition) is 5. The van der Waals surface area contributed by atoms with Gasteiger partial charge in [-0.15, -0.1) is 0 Å². The molecule has 0 radical (unpaired) electrons. The van der Waals surface area contributed by atoms with Crippen LogP contribution in [0.2, 0.25) is 0 Å². The van der Waals surface area contributed by atoms with Crippen LogP contribution in [0, 0.1) is 0 Å². The molecule has 1 aliphatic heterocycles. The summed E-state index contributed by atoms with van der Waals surface area (Å²) in [5.41, 5.74) is 7.80. The van der Waals surface area contributed by atoms with E-state index in [0.717, 1.165) is 71.9 Å². The molecule has 5 heteroatoms. The van der Waals surface area contributed by atoms with Crippen LogP contribution >= 0.6 is 0 Å². The molecule has 2 aromatic heterocycles. The van der Waals surface area contributed by atoms with Crippen molar-refractivity contribution in [2.24, 2.45) is 9.98 Å². The summed E-state index contributed by atoms with van der Waals surface area (Å²) in [6, 6.07) is 53.0. The van der Waals surface area contributed by atoms with Crippen molar-refractivity contribution in [1.29, 1.82) is 0 Å². The lowest BCUT2D eigenvalue weighted by Crippen LogP contribution is -2.33. The van der Waals surface area contributed by atoms with Crippen LogP contribution in [0.5, 0.6) is 0 Å². The SMILES string of the molecule is c1ccc2cc(C3=NC(c4ccc5ccccc5c4)NC(c4cccc5cc(-c6cccc7oc8cccnc8c67)ccc45)=N3)ccc2c1. The van der Waals surface area contributed by atoms with Crippen molar-refractivity contribution in [2.75, 3.05) is 0 Å². The average Bonchev–Trinajstić information content (AvgIpc) is 3.56. The molecule has 0 aliphatic carbocycles. The second kappa shape index (κ2) is 11.0. The zero-order valence-corrected chi connectivity index (χ0v) is 26.3. The van der Waals surface area contributed by atoms with Gasteiger partial charge in [-0.1, -0.05) is 115 Å². The van der Waals surface area contributed by atoms with E-state index in [9.17, 15) is 0 Å². The summed E-state index contributed by atoms with van der Waals surface area (Å²) in [6.45, 7) is 0. The normalized spacial score (nSPS) is 14.7. The number of benzene rings is 7.